The maximum Gasteiger partial charge on any atom is 0.325 e. The van der Waals surface area contributed by atoms with Crippen LogP contribution in [0.2, 0.25) is 0 Å². The number of ether oxygens (including phenoxy) is 1. The molecule has 2 saturated heterocycles. The molecule has 2 heterocycles. The molecule has 2 aliphatic heterocycles. The zero-order chi connectivity index (χ0) is 21.2. The van der Waals surface area contributed by atoms with Crippen molar-refractivity contribution in [2.75, 3.05) is 29.9 Å². The fourth-order valence-electron chi connectivity index (χ4n) is 4.04. The number of morpholine rings is 1. The van der Waals surface area contributed by atoms with Gasteiger partial charge in [-0.05, 0) is 51.0 Å². The number of imide groups is 1. The van der Waals surface area contributed by atoms with Crippen molar-refractivity contribution in [3.8, 4) is 0 Å². The first-order valence-corrected chi connectivity index (χ1v) is 10.2. The van der Waals surface area contributed by atoms with E-state index in [2.05, 4.69) is 29.4 Å². The number of urea groups is 1. The molecule has 2 N–H and O–H groups in total. The number of amides is 4. The van der Waals surface area contributed by atoms with E-state index in [4.69, 9.17) is 4.74 Å². The van der Waals surface area contributed by atoms with Crippen LogP contribution in [0.4, 0.5) is 16.2 Å². The minimum absolute atomic E-state index is 0.167. The molecule has 3 rings (SSSR count). The summed E-state index contributed by atoms with van der Waals surface area (Å²) >= 11 is 0. The Balaban J connectivity index is 1.60. The van der Waals surface area contributed by atoms with Crippen LogP contribution in [0.3, 0.4) is 0 Å². The Labute approximate surface area is 171 Å². The van der Waals surface area contributed by atoms with Crippen LogP contribution in [0.1, 0.15) is 40.5 Å². The van der Waals surface area contributed by atoms with Gasteiger partial charge in [-0.3, -0.25) is 14.5 Å². The minimum Gasteiger partial charge on any atom is -0.372 e. The van der Waals surface area contributed by atoms with Gasteiger partial charge in [-0.2, -0.15) is 0 Å². The fourth-order valence-corrected chi connectivity index (χ4v) is 4.04. The van der Waals surface area contributed by atoms with Crippen LogP contribution < -0.4 is 15.5 Å². The third kappa shape index (κ3) is 4.37. The van der Waals surface area contributed by atoms with Gasteiger partial charge in [0.1, 0.15) is 12.1 Å². The number of hydrogen-bond acceptors (Lipinski definition) is 5. The summed E-state index contributed by atoms with van der Waals surface area (Å²) in [5.41, 5.74) is 0.790. The van der Waals surface area contributed by atoms with E-state index >= 15 is 0 Å². The standard InChI is InChI=1S/C21H30N4O4/c1-5-21(6-2)19(27)25(20(28)23-21)13-18(26)22-16-7-9-17(10-8-16)24-11-14(3)29-15(4)12-24/h7-10,14-15H,5-6,11-13H2,1-4H3,(H,22,26)(H,23,28). The Hall–Kier alpha value is -2.61. The fraction of sp³-hybridized carbons (Fsp3) is 0.571. The number of rotatable bonds is 6. The smallest absolute Gasteiger partial charge is 0.325 e. The SMILES string of the molecule is CCC1(CC)NC(=O)N(CC(=O)Nc2ccc(N3CC(C)OC(C)C3)cc2)C1=O. The molecule has 2 unspecified atom stereocenters. The van der Waals surface area contributed by atoms with E-state index in [1.807, 2.05) is 38.1 Å². The van der Waals surface area contributed by atoms with Crippen molar-refractivity contribution >= 4 is 29.2 Å². The normalized spacial score (nSPS) is 23.9. The lowest BCUT2D eigenvalue weighted by Gasteiger charge is -2.36. The number of hydrogen-bond donors (Lipinski definition) is 2. The summed E-state index contributed by atoms with van der Waals surface area (Å²) in [6.45, 7) is 9.15. The van der Waals surface area contributed by atoms with Gasteiger partial charge < -0.3 is 20.3 Å². The maximum absolute atomic E-state index is 12.6. The molecule has 1 aromatic carbocycles. The van der Waals surface area contributed by atoms with Gasteiger partial charge in [0, 0.05) is 24.5 Å². The molecule has 29 heavy (non-hydrogen) atoms. The van der Waals surface area contributed by atoms with Gasteiger partial charge in [-0.25, -0.2) is 4.79 Å². The molecule has 8 nitrogen and oxygen atoms in total. The first-order chi connectivity index (χ1) is 13.8. The number of benzene rings is 1. The molecule has 2 fully saturated rings. The van der Waals surface area contributed by atoms with Crippen LogP contribution in [0.15, 0.2) is 24.3 Å². The van der Waals surface area contributed by atoms with Crippen molar-refractivity contribution in [3.63, 3.8) is 0 Å². The molecule has 1 aromatic rings. The Bertz CT molecular complexity index is 765. The summed E-state index contributed by atoms with van der Waals surface area (Å²) in [6, 6.07) is 7.04. The van der Waals surface area contributed by atoms with Gasteiger partial charge in [-0.15, -0.1) is 0 Å². The van der Waals surface area contributed by atoms with Crippen LogP contribution in [0.5, 0.6) is 0 Å². The molecule has 2 atom stereocenters. The zero-order valence-corrected chi connectivity index (χ0v) is 17.5. The van der Waals surface area contributed by atoms with E-state index in [1.54, 1.807) is 0 Å². The lowest BCUT2D eigenvalue weighted by molar-refractivity contribution is -0.134. The lowest BCUT2D eigenvalue weighted by atomic mass is 9.93. The molecule has 0 bridgehead atoms. The Morgan fingerprint density at radius 1 is 1.14 bits per heavy atom. The van der Waals surface area contributed by atoms with Crippen LogP contribution in [0.25, 0.3) is 0 Å². The van der Waals surface area contributed by atoms with E-state index in [0.717, 1.165) is 23.7 Å². The number of nitrogens with zero attached hydrogens (tertiary/aromatic N) is 2. The van der Waals surface area contributed by atoms with Gasteiger partial charge in [0.15, 0.2) is 0 Å². The van der Waals surface area contributed by atoms with Crippen LogP contribution in [-0.4, -0.2) is 60.1 Å². The first kappa shape index (κ1) is 21.1. The molecule has 0 aromatic heterocycles. The Kier molecular flexibility index (Phi) is 6.12. The molecule has 0 spiro atoms. The molecule has 8 heteroatoms. The van der Waals surface area contributed by atoms with Crippen molar-refractivity contribution < 1.29 is 19.1 Å². The first-order valence-electron chi connectivity index (χ1n) is 10.2. The highest BCUT2D eigenvalue weighted by molar-refractivity contribution is 6.10. The van der Waals surface area contributed by atoms with E-state index in [-0.39, 0.29) is 24.7 Å². The van der Waals surface area contributed by atoms with Gasteiger partial charge in [0.25, 0.3) is 5.91 Å². The second-order valence-corrected chi connectivity index (χ2v) is 7.87. The van der Waals surface area contributed by atoms with Crippen molar-refractivity contribution in [1.29, 1.82) is 0 Å². The second kappa shape index (κ2) is 8.41. The quantitative estimate of drug-likeness (QED) is 0.713. The highest BCUT2D eigenvalue weighted by Crippen LogP contribution is 2.25. The number of carbonyl (C=O) groups is 3. The molecule has 2 aliphatic rings. The average molecular weight is 402 g/mol. The van der Waals surface area contributed by atoms with Crippen molar-refractivity contribution in [2.45, 2.75) is 58.3 Å². The summed E-state index contributed by atoms with van der Waals surface area (Å²) in [6.07, 6.45) is 1.32. The van der Waals surface area contributed by atoms with Crippen LogP contribution in [-0.2, 0) is 14.3 Å². The maximum atomic E-state index is 12.6. The zero-order valence-electron chi connectivity index (χ0n) is 17.5. The van der Waals surface area contributed by atoms with Gasteiger partial charge in [0.2, 0.25) is 5.91 Å². The summed E-state index contributed by atoms with van der Waals surface area (Å²) < 4.78 is 5.76. The monoisotopic (exact) mass is 402 g/mol. The summed E-state index contributed by atoms with van der Waals surface area (Å²) in [7, 11) is 0. The number of nitrogens with one attached hydrogen (secondary N) is 2. The third-order valence-corrected chi connectivity index (χ3v) is 5.69. The highest BCUT2D eigenvalue weighted by atomic mass is 16.5. The van der Waals surface area contributed by atoms with Gasteiger partial charge >= 0.3 is 6.03 Å². The van der Waals surface area contributed by atoms with Crippen molar-refractivity contribution in [2.24, 2.45) is 0 Å². The van der Waals surface area contributed by atoms with E-state index in [0.29, 0.717) is 18.5 Å². The topological polar surface area (TPSA) is 91.0 Å². The molecular weight excluding hydrogens is 372 g/mol. The number of anilines is 2. The predicted octanol–water partition coefficient (Wildman–Crippen LogP) is 2.35. The lowest BCUT2D eigenvalue weighted by Crippen LogP contribution is -2.46. The largest absolute Gasteiger partial charge is 0.372 e. The van der Waals surface area contributed by atoms with Crippen LogP contribution in [0, 0.1) is 0 Å². The molecular formula is C21H30N4O4. The molecule has 0 saturated carbocycles. The molecule has 0 radical (unpaired) electrons. The summed E-state index contributed by atoms with van der Waals surface area (Å²) in [5, 5.41) is 5.49. The Morgan fingerprint density at radius 3 is 2.24 bits per heavy atom. The molecule has 4 amide bonds. The van der Waals surface area contributed by atoms with E-state index in [1.165, 1.54) is 0 Å². The predicted molar refractivity (Wildman–Crippen MR) is 111 cm³/mol. The average Bonchev–Trinajstić information content (AvgIpc) is 2.92. The third-order valence-electron chi connectivity index (χ3n) is 5.69. The second-order valence-electron chi connectivity index (χ2n) is 7.87. The van der Waals surface area contributed by atoms with Gasteiger partial charge in [0.05, 0.1) is 12.2 Å². The molecule has 0 aliphatic carbocycles. The summed E-state index contributed by atoms with van der Waals surface area (Å²) in [5.74, 6) is -0.744. The number of carbonyl (C=O) groups excluding carboxylic acids is 3. The highest BCUT2D eigenvalue weighted by Gasteiger charge is 2.49. The summed E-state index contributed by atoms with van der Waals surface area (Å²) in [4.78, 5) is 40.4. The van der Waals surface area contributed by atoms with Gasteiger partial charge in [-0.1, -0.05) is 13.8 Å². The van der Waals surface area contributed by atoms with Crippen molar-refractivity contribution in [1.82, 2.24) is 10.2 Å². The van der Waals surface area contributed by atoms with Crippen molar-refractivity contribution in [3.05, 3.63) is 24.3 Å². The van der Waals surface area contributed by atoms with E-state index in [9.17, 15) is 14.4 Å². The Morgan fingerprint density at radius 2 is 1.72 bits per heavy atom. The van der Waals surface area contributed by atoms with Crippen LogP contribution >= 0.6 is 0 Å². The minimum atomic E-state index is -0.897. The molecule has 158 valence electrons. The van der Waals surface area contributed by atoms with E-state index < -0.39 is 17.5 Å².